The van der Waals surface area contributed by atoms with Gasteiger partial charge in [-0.2, -0.15) is 5.10 Å². The van der Waals surface area contributed by atoms with Crippen molar-refractivity contribution in [1.29, 1.82) is 0 Å². The number of imidazole rings is 1. The highest BCUT2D eigenvalue weighted by molar-refractivity contribution is 7.88. The molecule has 0 bridgehead atoms. The molecular weight excluding hydrogens is 528 g/mol. The van der Waals surface area contributed by atoms with Gasteiger partial charge in [0, 0.05) is 61.4 Å². The van der Waals surface area contributed by atoms with Gasteiger partial charge in [0.15, 0.2) is 0 Å². The zero-order valence-corrected chi connectivity index (χ0v) is 22.7. The van der Waals surface area contributed by atoms with Gasteiger partial charge in [-0.25, -0.2) is 31.5 Å². The monoisotopic (exact) mass is 555 g/mol. The molecule has 4 aromatic rings. The standard InChI is InChI=1S/C26H27F2N7O3S/c1-14-26(36)32(2)13-21-23(31-25(35(14)21)16-11-34(12-16)39(4,37)38)17-6-5-7-20-18(17)8-19(24(27)28)22(30-20)15-9-29-33(3)10-15/h5-10,14,16,24H,11-13H2,1-4H3/t14-/m1/s1. The highest BCUT2D eigenvalue weighted by Crippen LogP contribution is 2.41. The van der Waals surface area contributed by atoms with Crippen LogP contribution in [0.5, 0.6) is 0 Å². The number of aryl methyl sites for hydroxylation is 1. The summed E-state index contributed by atoms with van der Waals surface area (Å²) in [6.45, 7) is 2.62. The fourth-order valence-corrected chi connectivity index (χ4v) is 6.44. The van der Waals surface area contributed by atoms with E-state index in [2.05, 4.69) is 10.1 Å². The molecule has 39 heavy (non-hydrogen) atoms. The summed E-state index contributed by atoms with van der Waals surface area (Å²) in [5.41, 5.74) is 2.97. The third-order valence-corrected chi connectivity index (χ3v) is 8.82. The molecule has 3 aromatic heterocycles. The predicted molar refractivity (Wildman–Crippen MR) is 140 cm³/mol. The molecule has 1 saturated heterocycles. The van der Waals surface area contributed by atoms with Crippen molar-refractivity contribution >= 4 is 26.8 Å². The van der Waals surface area contributed by atoms with Crippen molar-refractivity contribution in [2.24, 2.45) is 7.05 Å². The van der Waals surface area contributed by atoms with Crippen molar-refractivity contribution in [2.45, 2.75) is 31.9 Å². The third-order valence-electron chi connectivity index (χ3n) is 7.58. The molecule has 0 aliphatic carbocycles. The van der Waals surface area contributed by atoms with E-state index in [0.717, 1.165) is 5.69 Å². The maximum absolute atomic E-state index is 14.3. The molecule has 1 amide bonds. The Morgan fingerprint density at radius 3 is 2.49 bits per heavy atom. The Kier molecular flexibility index (Phi) is 5.84. The number of aromatic nitrogens is 5. The number of hydrogen-bond donors (Lipinski definition) is 0. The van der Waals surface area contributed by atoms with Crippen LogP contribution in [0.2, 0.25) is 0 Å². The van der Waals surface area contributed by atoms with Crippen molar-refractivity contribution < 1.29 is 22.0 Å². The fourth-order valence-electron chi connectivity index (χ4n) is 5.54. The van der Waals surface area contributed by atoms with Gasteiger partial charge < -0.3 is 9.47 Å². The Morgan fingerprint density at radius 1 is 1.10 bits per heavy atom. The molecule has 0 spiro atoms. The average molecular weight is 556 g/mol. The zero-order valence-electron chi connectivity index (χ0n) is 21.8. The molecule has 1 atom stereocenters. The van der Waals surface area contributed by atoms with Gasteiger partial charge in [0.05, 0.1) is 41.6 Å². The van der Waals surface area contributed by atoms with E-state index < -0.39 is 22.5 Å². The SMILES string of the molecule is C[C@@H]1C(=O)N(C)Cc2c(-c3cccc4nc(-c5cnn(C)c5)c(C(F)F)cc34)nc(C3CN(S(C)(=O)=O)C3)n21. The van der Waals surface area contributed by atoms with E-state index in [1.165, 1.54) is 27.5 Å². The Morgan fingerprint density at radius 2 is 1.85 bits per heavy atom. The molecule has 0 N–H and O–H groups in total. The minimum atomic E-state index is -3.34. The Hall–Kier alpha value is -3.71. The number of pyridine rings is 1. The van der Waals surface area contributed by atoms with Gasteiger partial charge in [-0.05, 0) is 19.1 Å². The van der Waals surface area contributed by atoms with Crippen molar-refractivity contribution in [2.75, 3.05) is 26.4 Å². The third kappa shape index (κ3) is 4.11. The lowest BCUT2D eigenvalue weighted by molar-refractivity contribution is -0.135. The van der Waals surface area contributed by atoms with E-state index in [1.54, 1.807) is 44.2 Å². The van der Waals surface area contributed by atoms with Crippen molar-refractivity contribution in [1.82, 2.24) is 33.5 Å². The van der Waals surface area contributed by atoms with E-state index >= 15 is 0 Å². The number of sulfonamides is 1. The molecule has 204 valence electrons. The molecule has 2 aliphatic rings. The van der Waals surface area contributed by atoms with E-state index in [-0.39, 0.29) is 42.7 Å². The second-order valence-corrected chi connectivity index (χ2v) is 12.3. The minimum absolute atomic E-state index is 0.0762. The summed E-state index contributed by atoms with van der Waals surface area (Å²) in [6.07, 6.45) is 1.56. The Balaban J connectivity index is 1.54. The molecule has 1 fully saturated rings. The summed E-state index contributed by atoms with van der Waals surface area (Å²) >= 11 is 0. The molecular formula is C26H27F2N7O3S. The van der Waals surface area contributed by atoms with Crippen LogP contribution in [0.3, 0.4) is 0 Å². The van der Waals surface area contributed by atoms with Gasteiger partial charge in [0.2, 0.25) is 15.9 Å². The largest absolute Gasteiger partial charge is 0.338 e. The first-order valence-corrected chi connectivity index (χ1v) is 14.3. The van der Waals surface area contributed by atoms with Gasteiger partial charge in [0.1, 0.15) is 11.9 Å². The van der Waals surface area contributed by atoms with E-state index in [0.29, 0.717) is 33.5 Å². The highest BCUT2D eigenvalue weighted by Gasteiger charge is 2.41. The van der Waals surface area contributed by atoms with Crippen LogP contribution in [0.1, 0.15) is 42.4 Å². The van der Waals surface area contributed by atoms with Gasteiger partial charge >= 0.3 is 0 Å². The van der Waals surface area contributed by atoms with Gasteiger partial charge in [-0.3, -0.25) is 9.48 Å². The molecule has 1 aromatic carbocycles. The number of nitrogens with zero attached hydrogens (tertiary/aromatic N) is 7. The second kappa shape index (κ2) is 8.91. The lowest BCUT2D eigenvalue weighted by Gasteiger charge is -2.38. The molecule has 0 radical (unpaired) electrons. The number of hydrogen-bond acceptors (Lipinski definition) is 6. The number of alkyl halides is 2. The van der Waals surface area contributed by atoms with Crippen LogP contribution < -0.4 is 0 Å². The molecule has 10 nitrogen and oxygen atoms in total. The normalized spacial score (nSPS) is 18.7. The van der Waals surface area contributed by atoms with Crippen LogP contribution in [0.15, 0.2) is 36.7 Å². The number of benzene rings is 1. The average Bonchev–Trinajstić information content (AvgIpc) is 3.43. The van der Waals surface area contributed by atoms with Crippen molar-refractivity contribution in [3.63, 3.8) is 0 Å². The second-order valence-electron chi connectivity index (χ2n) is 10.3. The molecule has 5 heterocycles. The Labute approximate surface area is 223 Å². The maximum atomic E-state index is 14.3. The number of amides is 1. The van der Waals surface area contributed by atoms with Crippen LogP contribution in [-0.2, 0) is 28.4 Å². The number of halogens is 2. The molecule has 2 aliphatic heterocycles. The summed E-state index contributed by atoms with van der Waals surface area (Å²) in [6, 6.07) is 6.32. The number of likely N-dealkylation sites (N-methyl/N-ethyl adjacent to an activating group) is 1. The van der Waals surface area contributed by atoms with Crippen molar-refractivity contribution in [3.05, 3.63) is 53.7 Å². The number of rotatable bonds is 5. The summed E-state index contributed by atoms with van der Waals surface area (Å²) in [4.78, 5) is 24.1. The Bertz CT molecular complexity index is 1740. The molecule has 0 unspecified atom stereocenters. The lowest BCUT2D eigenvalue weighted by Crippen LogP contribution is -2.49. The van der Waals surface area contributed by atoms with Crippen LogP contribution in [0, 0.1) is 0 Å². The topological polar surface area (TPSA) is 106 Å². The summed E-state index contributed by atoms with van der Waals surface area (Å²) in [7, 11) is 0.0899. The fraction of sp³-hybridized carbons (Fsp3) is 0.385. The quantitative estimate of drug-likeness (QED) is 0.374. The van der Waals surface area contributed by atoms with Gasteiger partial charge in [-0.15, -0.1) is 0 Å². The van der Waals surface area contributed by atoms with E-state index in [1.807, 2.05) is 10.6 Å². The predicted octanol–water partition coefficient (Wildman–Crippen LogP) is 3.33. The molecule has 0 saturated carbocycles. The van der Waals surface area contributed by atoms with Crippen molar-refractivity contribution in [3.8, 4) is 22.5 Å². The van der Waals surface area contributed by atoms with Gasteiger partial charge in [-0.1, -0.05) is 12.1 Å². The number of carbonyl (C=O) groups is 1. The van der Waals surface area contributed by atoms with E-state index in [4.69, 9.17) is 4.98 Å². The van der Waals surface area contributed by atoms with E-state index in [9.17, 15) is 22.0 Å². The van der Waals surface area contributed by atoms with Crippen LogP contribution in [0.4, 0.5) is 8.78 Å². The smallest absolute Gasteiger partial charge is 0.265 e. The van der Waals surface area contributed by atoms with Gasteiger partial charge in [0.25, 0.3) is 6.43 Å². The highest BCUT2D eigenvalue weighted by atomic mass is 32.2. The maximum Gasteiger partial charge on any atom is 0.265 e. The minimum Gasteiger partial charge on any atom is -0.338 e. The van der Waals surface area contributed by atoms with Crippen LogP contribution in [0.25, 0.3) is 33.4 Å². The molecule has 6 rings (SSSR count). The van der Waals surface area contributed by atoms with Crippen LogP contribution in [-0.4, -0.2) is 74.2 Å². The summed E-state index contributed by atoms with van der Waals surface area (Å²) in [5.74, 6) is 0.361. The molecule has 13 heteroatoms. The first kappa shape index (κ1) is 25.6. The number of fused-ring (bicyclic) bond motifs is 2. The zero-order chi connectivity index (χ0) is 27.8. The number of carbonyl (C=O) groups excluding carboxylic acids is 1. The summed E-state index contributed by atoms with van der Waals surface area (Å²) in [5, 5.41) is 4.63. The summed E-state index contributed by atoms with van der Waals surface area (Å²) < 4.78 is 57.4. The first-order valence-electron chi connectivity index (χ1n) is 12.5. The lowest BCUT2D eigenvalue weighted by atomic mass is 9.99. The van der Waals surface area contributed by atoms with Crippen LogP contribution >= 0.6 is 0 Å². The first-order chi connectivity index (χ1) is 18.4.